The highest BCUT2D eigenvalue weighted by molar-refractivity contribution is 5.46. The van der Waals surface area contributed by atoms with Gasteiger partial charge in [0.15, 0.2) is 0 Å². The van der Waals surface area contributed by atoms with Gasteiger partial charge in [-0.05, 0) is 31.5 Å². The van der Waals surface area contributed by atoms with Crippen molar-refractivity contribution >= 4 is 0 Å². The zero-order valence-corrected chi connectivity index (χ0v) is 12.5. The van der Waals surface area contributed by atoms with E-state index < -0.39 is 0 Å². The molecule has 0 saturated carbocycles. The van der Waals surface area contributed by atoms with E-state index in [1.807, 2.05) is 41.2 Å². The van der Waals surface area contributed by atoms with Gasteiger partial charge in [-0.3, -0.25) is 4.68 Å². The van der Waals surface area contributed by atoms with Crippen LogP contribution in [0.4, 0.5) is 0 Å². The fourth-order valence-electron chi connectivity index (χ4n) is 1.88. The summed E-state index contributed by atoms with van der Waals surface area (Å²) in [4.78, 5) is 0. The lowest BCUT2D eigenvalue weighted by molar-refractivity contribution is 0.297. The van der Waals surface area contributed by atoms with Gasteiger partial charge in [0.2, 0.25) is 0 Å². The smallest absolute Gasteiger partial charge is 0.135 e. The number of para-hydroxylation sites is 1. The van der Waals surface area contributed by atoms with Crippen LogP contribution >= 0.6 is 0 Å². The van der Waals surface area contributed by atoms with Gasteiger partial charge in [-0.2, -0.15) is 5.10 Å². The van der Waals surface area contributed by atoms with Crippen molar-refractivity contribution in [1.82, 2.24) is 9.78 Å². The average molecular weight is 283 g/mol. The van der Waals surface area contributed by atoms with Crippen LogP contribution in [-0.2, 0) is 6.61 Å². The van der Waals surface area contributed by atoms with Gasteiger partial charge < -0.3 is 10.5 Å². The molecule has 0 amide bonds. The standard InChI is InChI=1S/C17H21N3O/c1-3-14(2)20-12-10-16(19-20)13-21-17-9-5-4-7-15(17)8-6-11-18/h4-5,7,9-10,12,14H,3,11,13,18H2,1-2H3. The molecule has 1 heterocycles. The summed E-state index contributed by atoms with van der Waals surface area (Å²) in [7, 11) is 0. The first kappa shape index (κ1) is 15.1. The lowest BCUT2D eigenvalue weighted by atomic mass is 10.2. The molecular formula is C17H21N3O. The zero-order valence-electron chi connectivity index (χ0n) is 12.5. The summed E-state index contributed by atoms with van der Waals surface area (Å²) in [6, 6.07) is 10.1. The van der Waals surface area contributed by atoms with Gasteiger partial charge in [-0.25, -0.2) is 0 Å². The maximum Gasteiger partial charge on any atom is 0.135 e. The first-order chi connectivity index (χ1) is 10.2. The van der Waals surface area contributed by atoms with Crippen LogP contribution in [0.15, 0.2) is 36.5 Å². The average Bonchev–Trinajstić information content (AvgIpc) is 3.00. The molecule has 1 atom stereocenters. The van der Waals surface area contributed by atoms with E-state index in [0.717, 1.165) is 23.4 Å². The molecule has 0 bridgehead atoms. The first-order valence-corrected chi connectivity index (χ1v) is 7.19. The summed E-state index contributed by atoms with van der Waals surface area (Å²) in [6.45, 7) is 5.07. The molecule has 4 nitrogen and oxygen atoms in total. The molecule has 21 heavy (non-hydrogen) atoms. The minimum absolute atomic E-state index is 0.341. The van der Waals surface area contributed by atoms with Gasteiger partial charge in [-0.15, -0.1) is 0 Å². The third-order valence-electron chi connectivity index (χ3n) is 3.29. The number of nitrogens with two attached hydrogens (primary N) is 1. The predicted octanol–water partition coefficient (Wildman–Crippen LogP) is 2.74. The Hall–Kier alpha value is -2.25. The lowest BCUT2D eigenvalue weighted by Gasteiger charge is -2.09. The summed E-state index contributed by atoms with van der Waals surface area (Å²) >= 11 is 0. The fraction of sp³-hybridized carbons (Fsp3) is 0.353. The quantitative estimate of drug-likeness (QED) is 0.858. The van der Waals surface area contributed by atoms with Crippen molar-refractivity contribution < 1.29 is 4.74 Å². The van der Waals surface area contributed by atoms with E-state index in [1.54, 1.807) is 0 Å². The molecule has 4 heteroatoms. The number of ether oxygens (including phenoxy) is 1. The number of hydrogen-bond donors (Lipinski definition) is 1. The Balaban J connectivity index is 2.05. The summed E-state index contributed by atoms with van der Waals surface area (Å²) in [5.41, 5.74) is 7.17. The largest absolute Gasteiger partial charge is 0.486 e. The SMILES string of the molecule is CCC(C)n1ccc(COc2ccccc2C#CCN)n1. The summed E-state index contributed by atoms with van der Waals surface area (Å²) in [5, 5.41) is 4.52. The normalized spacial score (nSPS) is 11.6. The predicted molar refractivity (Wildman–Crippen MR) is 83.9 cm³/mol. The second-order valence-corrected chi connectivity index (χ2v) is 4.84. The molecule has 0 spiro atoms. The number of nitrogens with zero attached hydrogens (tertiary/aromatic N) is 2. The number of hydrogen-bond acceptors (Lipinski definition) is 3. The maximum absolute atomic E-state index is 5.83. The van der Waals surface area contributed by atoms with Gasteiger partial charge in [0, 0.05) is 12.2 Å². The minimum Gasteiger partial charge on any atom is -0.486 e. The third-order valence-corrected chi connectivity index (χ3v) is 3.29. The molecule has 2 N–H and O–H groups in total. The molecular weight excluding hydrogens is 262 g/mol. The summed E-state index contributed by atoms with van der Waals surface area (Å²) in [6.07, 6.45) is 3.05. The Morgan fingerprint density at radius 1 is 1.33 bits per heavy atom. The van der Waals surface area contributed by atoms with Crippen molar-refractivity contribution in [2.24, 2.45) is 5.73 Å². The molecule has 0 saturated heterocycles. The highest BCUT2D eigenvalue weighted by Crippen LogP contribution is 2.18. The Labute approximate surface area is 125 Å². The Bertz CT molecular complexity index is 637. The second kappa shape index (κ2) is 7.51. The van der Waals surface area contributed by atoms with Gasteiger partial charge in [0.05, 0.1) is 17.8 Å². The first-order valence-electron chi connectivity index (χ1n) is 7.19. The van der Waals surface area contributed by atoms with Gasteiger partial charge in [0.1, 0.15) is 12.4 Å². The van der Waals surface area contributed by atoms with Gasteiger partial charge in [0.25, 0.3) is 0 Å². The number of benzene rings is 1. The van der Waals surface area contributed by atoms with E-state index in [1.165, 1.54) is 0 Å². The zero-order chi connectivity index (χ0) is 15.1. The minimum atomic E-state index is 0.341. The molecule has 0 aliphatic carbocycles. The van der Waals surface area contributed by atoms with Crippen LogP contribution in [0.3, 0.4) is 0 Å². The van der Waals surface area contributed by atoms with E-state index in [9.17, 15) is 0 Å². The lowest BCUT2D eigenvalue weighted by Crippen LogP contribution is -2.06. The molecule has 0 fully saturated rings. The molecule has 0 radical (unpaired) electrons. The van der Waals surface area contributed by atoms with Crippen molar-refractivity contribution in [3.8, 4) is 17.6 Å². The fourth-order valence-corrected chi connectivity index (χ4v) is 1.88. The summed E-state index contributed by atoms with van der Waals surface area (Å²) < 4.78 is 7.80. The molecule has 0 aliphatic rings. The highest BCUT2D eigenvalue weighted by Gasteiger charge is 2.06. The molecule has 2 aromatic rings. The number of aromatic nitrogens is 2. The van der Waals surface area contributed by atoms with Crippen LogP contribution in [0.25, 0.3) is 0 Å². The Kier molecular flexibility index (Phi) is 5.42. The third kappa shape index (κ3) is 4.11. The molecule has 1 aromatic heterocycles. The highest BCUT2D eigenvalue weighted by atomic mass is 16.5. The molecule has 0 aliphatic heterocycles. The Morgan fingerprint density at radius 3 is 2.90 bits per heavy atom. The van der Waals surface area contributed by atoms with E-state index in [2.05, 4.69) is 30.8 Å². The number of rotatable bonds is 5. The van der Waals surface area contributed by atoms with Crippen molar-refractivity contribution in [1.29, 1.82) is 0 Å². The summed E-state index contributed by atoms with van der Waals surface area (Å²) in [5.74, 6) is 6.62. The van der Waals surface area contributed by atoms with E-state index >= 15 is 0 Å². The second-order valence-electron chi connectivity index (χ2n) is 4.84. The van der Waals surface area contributed by atoms with Crippen molar-refractivity contribution in [3.05, 3.63) is 47.8 Å². The Morgan fingerprint density at radius 2 is 2.14 bits per heavy atom. The van der Waals surface area contributed by atoms with E-state index in [4.69, 9.17) is 10.5 Å². The van der Waals surface area contributed by atoms with Crippen LogP contribution < -0.4 is 10.5 Å². The van der Waals surface area contributed by atoms with Crippen LogP contribution in [0.5, 0.6) is 5.75 Å². The van der Waals surface area contributed by atoms with Crippen molar-refractivity contribution in [2.45, 2.75) is 32.9 Å². The van der Waals surface area contributed by atoms with Crippen LogP contribution in [0.2, 0.25) is 0 Å². The van der Waals surface area contributed by atoms with Crippen LogP contribution in [0, 0.1) is 11.8 Å². The van der Waals surface area contributed by atoms with E-state index in [-0.39, 0.29) is 0 Å². The van der Waals surface area contributed by atoms with E-state index in [0.29, 0.717) is 19.2 Å². The molecule has 1 unspecified atom stereocenters. The van der Waals surface area contributed by atoms with Gasteiger partial charge in [-0.1, -0.05) is 30.9 Å². The van der Waals surface area contributed by atoms with Crippen LogP contribution in [-0.4, -0.2) is 16.3 Å². The molecule has 1 aromatic carbocycles. The van der Waals surface area contributed by atoms with Crippen molar-refractivity contribution in [2.75, 3.05) is 6.54 Å². The topological polar surface area (TPSA) is 53.1 Å². The molecule has 2 rings (SSSR count). The van der Waals surface area contributed by atoms with Crippen LogP contribution in [0.1, 0.15) is 37.6 Å². The molecule has 110 valence electrons. The maximum atomic E-state index is 5.83. The van der Waals surface area contributed by atoms with Gasteiger partial charge >= 0.3 is 0 Å². The monoisotopic (exact) mass is 283 g/mol. The van der Waals surface area contributed by atoms with Crippen molar-refractivity contribution in [3.63, 3.8) is 0 Å².